The molecule has 0 saturated carbocycles. The highest BCUT2D eigenvalue weighted by atomic mass is 32.2. The summed E-state index contributed by atoms with van der Waals surface area (Å²) in [4.78, 5) is 20.3. The third-order valence-electron chi connectivity index (χ3n) is 1.06. The Morgan fingerprint density at radius 2 is 2.42 bits per heavy atom. The highest BCUT2D eigenvalue weighted by molar-refractivity contribution is 7.99. The Morgan fingerprint density at radius 3 is 2.92 bits per heavy atom. The highest BCUT2D eigenvalue weighted by Crippen LogP contribution is 2.19. The van der Waals surface area contributed by atoms with E-state index in [1.807, 2.05) is 0 Å². The van der Waals surface area contributed by atoms with Gasteiger partial charge in [-0.05, 0) is 12.1 Å². The first kappa shape index (κ1) is 8.86. The zero-order valence-corrected chi connectivity index (χ0v) is 6.84. The number of aliphatic carboxylic acids is 1. The van der Waals surface area contributed by atoms with E-state index in [0.717, 1.165) is 11.8 Å². The summed E-state index contributed by atoms with van der Waals surface area (Å²) in [5.74, 6) is -0.766. The third-order valence-corrected chi connectivity index (χ3v) is 1.95. The minimum Gasteiger partial charge on any atom is -0.481 e. The van der Waals surface area contributed by atoms with E-state index in [9.17, 15) is 9.59 Å². The molecule has 1 rings (SSSR count). The van der Waals surface area contributed by atoms with Crippen molar-refractivity contribution in [2.75, 3.05) is 5.75 Å². The van der Waals surface area contributed by atoms with E-state index in [4.69, 9.17) is 9.52 Å². The Labute approximate surface area is 72.6 Å². The highest BCUT2D eigenvalue weighted by Gasteiger charge is 2.03. The molecule has 12 heavy (non-hydrogen) atoms. The molecule has 0 radical (unpaired) electrons. The van der Waals surface area contributed by atoms with E-state index in [1.54, 1.807) is 6.07 Å². The number of hydrogen-bond acceptors (Lipinski definition) is 4. The van der Waals surface area contributed by atoms with Crippen LogP contribution < -0.4 is 0 Å². The molecule has 1 aromatic rings. The summed E-state index contributed by atoms with van der Waals surface area (Å²) in [5, 5.41) is 8.75. The van der Waals surface area contributed by atoms with Gasteiger partial charge in [-0.1, -0.05) is 11.8 Å². The van der Waals surface area contributed by atoms with Crippen molar-refractivity contribution in [2.45, 2.75) is 5.09 Å². The zero-order valence-electron chi connectivity index (χ0n) is 6.02. The molecule has 1 aromatic heterocycles. The summed E-state index contributed by atoms with van der Waals surface area (Å²) in [6.07, 6.45) is 0.574. The predicted molar refractivity (Wildman–Crippen MR) is 42.5 cm³/mol. The summed E-state index contributed by atoms with van der Waals surface area (Å²) < 4.78 is 4.91. The largest absolute Gasteiger partial charge is 0.481 e. The van der Waals surface area contributed by atoms with Gasteiger partial charge in [0, 0.05) is 0 Å². The minimum absolute atomic E-state index is 0.0637. The molecule has 5 heteroatoms. The molecule has 0 aliphatic heterocycles. The monoisotopic (exact) mass is 186 g/mol. The Bertz CT molecular complexity index is 291. The number of thioether (sulfide) groups is 1. The van der Waals surface area contributed by atoms with Crippen molar-refractivity contribution in [1.82, 2.24) is 0 Å². The van der Waals surface area contributed by atoms with Crippen LogP contribution in [0.1, 0.15) is 10.6 Å². The van der Waals surface area contributed by atoms with Crippen LogP contribution in [0.25, 0.3) is 0 Å². The molecule has 0 atom stereocenters. The van der Waals surface area contributed by atoms with Crippen LogP contribution >= 0.6 is 11.8 Å². The van der Waals surface area contributed by atoms with Gasteiger partial charge in [-0.2, -0.15) is 0 Å². The van der Waals surface area contributed by atoms with Crippen LogP contribution in [-0.2, 0) is 4.79 Å². The number of carbonyl (C=O) groups excluding carboxylic acids is 1. The first-order valence-electron chi connectivity index (χ1n) is 3.12. The van der Waals surface area contributed by atoms with Gasteiger partial charge in [-0.15, -0.1) is 0 Å². The van der Waals surface area contributed by atoms with E-state index in [1.165, 1.54) is 6.07 Å². The molecule has 0 unspecified atom stereocenters. The average molecular weight is 186 g/mol. The van der Waals surface area contributed by atoms with Gasteiger partial charge in [-0.3, -0.25) is 9.59 Å². The lowest BCUT2D eigenvalue weighted by Gasteiger charge is -1.90. The lowest BCUT2D eigenvalue weighted by molar-refractivity contribution is -0.133. The van der Waals surface area contributed by atoms with Crippen molar-refractivity contribution < 1.29 is 19.1 Å². The van der Waals surface area contributed by atoms with E-state index in [-0.39, 0.29) is 11.5 Å². The zero-order chi connectivity index (χ0) is 8.97. The topological polar surface area (TPSA) is 67.5 Å². The van der Waals surface area contributed by atoms with Crippen LogP contribution in [-0.4, -0.2) is 23.1 Å². The number of carboxylic acid groups (broad SMARTS) is 1. The SMILES string of the molecule is O=Cc1ccc(SCC(=O)O)o1. The van der Waals surface area contributed by atoms with E-state index in [0.29, 0.717) is 11.4 Å². The second-order valence-corrected chi connectivity index (χ2v) is 2.94. The number of aldehydes is 1. The maximum Gasteiger partial charge on any atom is 0.313 e. The lowest BCUT2D eigenvalue weighted by Crippen LogP contribution is -1.96. The quantitative estimate of drug-likeness (QED) is 0.566. The van der Waals surface area contributed by atoms with Gasteiger partial charge in [0.2, 0.25) is 0 Å². The van der Waals surface area contributed by atoms with Crippen molar-refractivity contribution in [3.63, 3.8) is 0 Å². The van der Waals surface area contributed by atoms with Crippen LogP contribution in [0.4, 0.5) is 0 Å². The molecule has 4 nitrogen and oxygen atoms in total. The standard InChI is InChI=1S/C7H6O4S/c8-3-5-1-2-7(11-5)12-4-6(9)10/h1-3H,4H2,(H,9,10). The minimum atomic E-state index is -0.913. The van der Waals surface area contributed by atoms with Gasteiger partial charge >= 0.3 is 5.97 Å². The lowest BCUT2D eigenvalue weighted by atomic mass is 10.5. The maximum absolute atomic E-state index is 10.1. The Morgan fingerprint density at radius 1 is 1.67 bits per heavy atom. The van der Waals surface area contributed by atoms with Crippen molar-refractivity contribution in [1.29, 1.82) is 0 Å². The van der Waals surface area contributed by atoms with Gasteiger partial charge in [-0.25, -0.2) is 0 Å². The molecule has 1 N–H and O–H groups in total. The molecule has 0 aliphatic rings. The van der Waals surface area contributed by atoms with Crippen molar-refractivity contribution in [3.05, 3.63) is 17.9 Å². The number of furan rings is 1. The molecule has 0 saturated heterocycles. The summed E-state index contributed by atoms with van der Waals surface area (Å²) >= 11 is 1.04. The van der Waals surface area contributed by atoms with E-state index >= 15 is 0 Å². The Hall–Kier alpha value is -1.23. The molecular formula is C7H6O4S. The second kappa shape index (κ2) is 3.96. The average Bonchev–Trinajstić information content (AvgIpc) is 2.48. The van der Waals surface area contributed by atoms with Gasteiger partial charge in [0.25, 0.3) is 0 Å². The van der Waals surface area contributed by atoms with Crippen molar-refractivity contribution in [2.24, 2.45) is 0 Å². The molecule has 0 aromatic carbocycles. The molecule has 0 fully saturated rings. The first-order chi connectivity index (χ1) is 5.72. The molecule has 1 heterocycles. The predicted octanol–water partition coefficient (Wildman–Crippen LogP) is 1.27. The van der Waals surface area contributed by atoms with Crippen molar-refractivity contribution >= 4 is 24.0 Å². The normalized spacial score (nSPS) is 9.67. The third kappa shape index (κ3) is 2.43. The summed E-state index contributed by atoms with van der Waals surface area (Å²) in [6, 6.07) is 3.06. The Balaban J connectivity index is 2.52. The summed E-state index contributed by atoms with van der Waals surface area (Å²) in [6.45, 7) is 0. The van der Waals surface area contributed by atoms with Crippen LogP contribution in [0.2, 0.25) is 0 Å². The fraction of sp³-hybridized carbons (Fsp3) is 0.143. The van der Waals surface area contributed by atoms with Crippen LogP contribution in [0.3, 0.4) is 0 Å². The van der Waals surface area contributed by atoms with E-state index in [2.05, 4.69) is 0 Å². The van der Waals surface area contributed by atoms with Gasteiger partial charge in [0.1, 0.15) is 0 Å². The summed E-state index contributed by atoms with van der Waals surface area (Å²) in [5.41, 5.74) is 0. The summed E-state index contributed by atoms with van der Waals surface area (Å²) in [7, 11) is 0. The van der Waals surface area contributed by atoms with Gasteiger partial charge in [0.05, 0.1) is 5.75 Å². The smallest absolute Gasteiger partial charge is 0.313 e. The molecule has 0 bridgehead atoms. The maximum atomic E-state index is 10.1. The fourth-order valence-corrected chi connectivity index (χ4v) is 1.19. The molecule has 0 aliphatic carbocycles. The molecule has 0 amide bonds. The second-order valence-electron chi connectivity index (χ2n) is 1.96. The number of rotatable bonds is 4. The number of carboxylic acids is 1. The van der Waals surface area contributed by atoms with Gasteiger partial charge < -0.3 is 9.52 Å². The van der Waals surface area contributed by atoms with Crippen LogP contribution in [0.5, 0.6) is 0 Å². The fourth-order valence-electron chi connectivity index (χ4n) is 0.608. The van der Waals surface area contributed by atoms with E-state index < -0.39 is 5.97 Å². The van der Waals surface area contributed by atoms with Gasteiger partial charge in [0.15, 0.2) is 17.1 Å². The number of carbonyl (C=O) groups is 2. The Kier molecular flexibility index (Phi) is 2.93. The van der Waals surface area contributed by atoms with Crippen LogP contribution in [0, 0.1) is 0 Å². The van der Waals surface area contributed by atoms with Crippen LogP contribution in [0.15, 0.2) is 21.6 Å². The first-order valence-corrected chi connectivity index (χ1v) is 4.10. The van der Waals surface area contributed by atoms with Crippen molar-refractivity contribution in [3.8, 4) is 0 Å². The molecule has 64 valence electrons. The molecule has 0 spiro atoms. The number of hydrogen-bond donors (Lipinski definition) is 1. The molecular weight excluding hydrogens is 180 g/mol.